The van der Waals surface area contributed by atoms with Crippen molar-refractivity contribution < 1.29 is 9.53 Å². The summed E-state index contributed by atoms with van der Waals surface area (Å²) >= 11 is 1.32. The van der Waals surface area contributed by atoms with Gasteiger partial charge in [0.2, 0.25) is 11.1 Å². The Bertz CT molecular complexity index is 1160. The Morgan fingerprint density at radius 3 is 2.44 bits per heavy atom. The molecule has 1 heterocycles. The van der Waals surface area contributed by atoms with Gasteiger partial charge in [-0.25, -0.2) is 4.68 Å². The van der Waals surface area contributed by atoms with Crippen LogP contribution in [0.2, 0.25) is 0 Å². The average Bonchev–Trinajstić information content (AvgIpc) is 3.26. The van der Waals surface area contributed by atoms with Crippen LogP contribution in [0.4, 0.5) is 5.69 Å². The zero-order valence-electron chi connectivity index (χ0n) is 17.8. The number of rotatable bonds is 8. The first kappa shape index (κ1) is 21.6. The maximum absolute atomic E-state index is 13.2. The number of nitrogens with one attached hydrogen (secondary N) is 1. The summed E-state index contributed by atoms with van der Waals surface area (Å²) in [6, 6.07) is 25.1. The molecule has 0 fully saturated rings. The molecule has 0 unspecified atom stereocenters. The Morgan fingerprint density at radius 2 is 1.75 bits per heavy atom. The fourth-order valence-corrected chi connectivity index (χ4v) is 4.11. The van der Waals surface area contributed by atoms with Crippen LogP contribution >= 0.6 is 11.8 Å². The van der Waals surface area contributed by atoms with Crippen molar-refractivity contribution in [1.82, 2.24) is 20.2 Å². The van der Waals surface area contributed by atoms with E-state index in [9.17, 15) is 4.79 Å². The molecule has 0 saturated carbocycles. The molecule has 0 aliphatic heterocycles. The van der Waals surface area contributed by atoms with Crippen molar-refractivity contribution in [3.05, 3.63) is 95.6 Å². The lowest BCUT2D eigenvalue weighted by atomic mass is 10.1. The van der Waals surface area contributed by atoms with Gasteiger partial charge in [0.1, 0.15) is 11.0 Å². The van der Waals surface area contributed by atoms with Crippen molar-refractivity contribution >= 4 is 23.4 Å². The number of carbonyl (C=O) groups is 1. The quantitative estimate of drug-likeness (QED) is 0.402. The third kappa shape index (κ3) is 5.33. The number of amides is 1. The van der Waals surface area contributed by atoms with Gasteiger partial charge >= 0.3 is 0 Å². The summed E-state index contributed by atoms with van der Waals surface area (Å²) < 4.78 is 6.91. The first-order valence-corrected chi connectivity index (χ1v) is 11.0. The molecule has 4 rings (SSSR count). The molecule has 32 heavy (non-hydrogen) atoms. The zero-order chi connectivity index (χ0) is 22.3. The lowest BCUT2D eigenvalue weighted by Gasteiger charge is -2.17. The number of tetrazole rings is 1. The van der Waals surface area contributed by atoms with Crippen molar-refractivity contribution in [3.8, 4) is 5.75 Å². The van der Waals surface area contributed by atoms with E-state index in [0.717, 1.165) is 28.1 Å². The van der Waals surface area contributed by atoms with Crippen LogP contribution in [0.3, 0.4) is 0 Å². The number of benzene rings is 3. The lowest BCUT2D eigenvalue weighted by molar-refractivity contribution is -0.115. The second kappa shape index (κ2) is 10.1. The van der Waals surface area contributed by atoms with Crippen molar-refractivity contribution in [2.75, 3.05) is 12.4 Å². The molecule has 8 heteroatoms. The second-order valence-corrected chi connectivity index (χ2v) is 8.30. The molecule has 0 spiro atoms. The number of anilines is 1. The Hall–Kier alpha value is -3.65. The van der Waals surface area contributed by atoms with Gasteiger partial charge in [-0.15, -0.1) is 5.10 Å². The minimum Gasteiger partial charge on any atom is -0.497 e. The molecule has 1 amide bonds. The minimum absolute atomic E-state index is 0.135. The predicted octanol–water partition coefficient (Wildman–Crippen LogP) is 4.51. The van der Waals surface area contributed by atoms with Crippen molar-refractivity contribution in [3.63, 3.8) is 0 Å². The highest BCUT2D eigenvalue weighted by Gasteiger charge is 2.25. The average molecular weight is 446 g/mol. The first-order chi connectivity index (χ1) is 15.6. The molecule has 4 aromatic rings. The van der Waals surface area contributed by atoms with Gasteiger partial charge in [-0.3, -0.25) is 4.79 Å². The molecule has 1 N–H and O–H groups in total. The Kier molecular flexibility index (Phi) is 6.81. The first-order valence-electron chi connectivity index (χ1n) is 10.1. The maximum Gasteiger partial charge on any atom is 0.242 e. The molecule has 0 radical (unpaired) electrons. The molecule has 0 aliphatic carbocycles. The third-order valence-electron chi connectivity index (χ3n) is 4.87. The molecule has 0 aliphatic rings. The molecule has 3 aromatic carbocycles. The summed E-state index contributed by atoms with van der Waals surface area (Å²) in [4.78, 5) is 13.2. The number of thioether (sulfide) groups is 1. The van der Waals surface area contributed by atoms with Gasteiger partial charge in [0.25, 0.3) is 0 Å². The second-order valence-electron chi connectivity index (χ2n) is 7.23. The van der Waals surface area contributed by atoms with Crippen molar-refractivity contribution in [1.29, 1.82) is 0 Å². The van der Waals surface area contributed by atoms with Gasteiger partial charge in [-0.1, -0.05) is 71.9 Å². The smallest absolute Gasteiger partial charge is 0.242 e. The number of aryl methyl sites for hydroxylation is 1. The topological polar surface area (TPSA) is 81.9 Å². The van der Waals surface area contributed by atoms with Gasteiger partial charge in [-0.05, 0) is 52.7 Å². The van der Waals surface area contributed by atoms with Crippen molar-refractivity contribution in [2.45, 2.75) is 23.9 Å². The van der Waals surface area contributed by atoms with Crippen LogP contribution in [-0.4, -0.2) is 33.2 Å². The van der Waals surface area contributed by atoms with E-state index in [1.807, 2.05) is 85.8 Å². The summed E-state index contributed by atoms with van der Waals surface area (Å²) in [6.07, 6.45) is 0. The Labute approximate surface area is 190 Å². The minimum atomic E-state index is -0.516. The van der Waals surface area contributed by atoms with Crippen LogP contribution in [0.25, 0.3) is 0 Å². The molecular formula is C24H23N5O2S. The van der Waals surface area contributed by atoms with Crippen LogP contribution in [-0.2, 0) is 11.3 Å². The number of carbonyl (C=O) groups excluding carboxylic acids is 1. The van der Waals surface area contributed by atoms with E-state index in [4.69, 9.17) is 4.74 Å². The molecular weight excluding hydrogens is 422 g/mol. The maximum atomic E-state index is 13.2. The standard InChI is InChI=1S/C24H23N5O2S/c1-17-8-12-20(13-9-17)25-23(30)22(19-6-4-3-5-7-19)32-24-26-27-28-29(24)16-18-10-14-21(31-2)15-11-18/h3-15,22H,16H2,1-2H3,(H,25,30)/t22-/m1/s1. The summed E-state index contributed by atoms with van der Waals surface area (Å²) in [5.74, 6) is 0.654. The van der Waals surface area contributed by atoms with Crippen LogP contribution in [0.15, 0.2) is 84.0 Å². The lowest BCUT2D eigenvalue weighted by Crippen LogP contribution is -2.19. The van der Waals surface area contributed by atoms with Crippen molar-refractivity contribution in [2.24, 2.45) is 0 Å². The summed E-state index contributed by atoms with van der Waals surface area (Å²) in [6.45, 7) is 2.50. The highest BCUT2D eigenvalue weighted by Crippen LogP contribution is 2.35. The predicted molar refractivity (Wildman–Crippen MR) is 125 cm³/mol. The molecule has 1 aromatic heterocycles. The van der Waals surface area contributed by atoms with E-state index in [-0.39, 0.29) is 5.91 Å². The van der Waals surface area contributed by atoms with Crippen LogP contribution in [0.1, 0.15) is 21.9 Å². The van der Waals surface area contributed by atoms with Crippen LogP contribution in [0, 0.1) is 6.92 Å². The fraction of sp³-hybridized carbons (Fsp3) is 0.167. The number of aromatic nitrogens is 4. The molecule has 7 nitrogen and oxygen atoms in total. The summed E-state index contributed by atoms with van der Waals surface area (Å²) in [5, 5.41) is 15.2. The molecule has 0 bridgehead atoms. The number of hydrogen-bond donors (Lipinski definition) is 1. The number of nitrogens with zero attached hydrogens (tertiary/aromatic N) is 4. The largest absolute Gasteiger partial charge is 0.497 e. The highest BCUT2D eigenvalue weighted by atomic mass is 32.2. The van der Waals surface area contributed by atoms with Gasteiger partial charge in [0.05, 0.1) is 13.7 Å². The third-order valence-corrected chi connectivity index (χ3v) is 6.10. The summed E-state index contributed by atoms with van der Waals surface area (Å²) in [5.41, 5.74) is 3.79. The number of methoxy groups -OCH3 is 1. The zero-order valence-corrected chi connectivity index (χ0v) is 18.6. The van der Waals surface area contributed by atoms with E-state index in [1.165, 1.54) is 11.8 Å². The monoisotopic (exact) mass is 445 g/mol. The van der Waals surface area contributed by atoms with Gasteiger partial charge in [-0.2, -0.15) is 0 Å². The molecule has 0 saturated heterocycles. The van der Waals surface area contributed by atoms with E-state index in [2.05, 4.69) is 20.8 Å². The van der Waals surface area contributed by atoms with E-state index >= 15 is 0 Å². The van der Waals surface area contributed by atoms with E-state index < -0.39 is 5.25 Å². The Balaban J connectivity index is 1.56. The molecule has 162 valence electrons. The normalized spacial score (nSPS) is 11.7. The fourth-order valence-electron chi connectivity index (χ4n) is 3.13. The Morgan fingerprint density at radius 1 is 1.03 bits per heavy atom. The van der Waals surface area contributed by atoms with E-state index in [0.29, 0.717) is 11.7 Å². The van der Waals surface area contributed by atoms with Gasteiger partial charge in [0, 0.05) is 5.69 Å². The van der Waals surface area contributed by atoms with Crippen LogP contribution in [0.5, 0.6) is 5.75 Å². The number of hydrogen-bond acceptors (Lipinski definition) is 6. The van der Waals surface area contributed by atoms with E-state index in [1.54, 1.807) is 11.8 Å². The SMILES string of the molecule is COc1ccc(Cn2nnnc2S[C@@H](C(=O)Nc2ccc(C)cc2)c2ccccc2)cc1. The van der Waals surface area contributed by atoms with Gasteiger partial charge < -0.3 is 10.1 Å². The summed E-state index contributed by atoms with van der Waals surface area (Å²) in [7, 11) is 1.64. The van der Waals surface area contributed by atoms with Gasteiger partial charge in [0.15, 0.2) is 0 Å². The molecule has 1 atom stereocenters. The number of ether oxygens (including phenoxy) is 1. The van der Waals surface area contributed by atoms with Crippen LogP contribution < -0.4 is 10.1 Å². The highest BCUT2D eigenvalue weighted by molar-refractivity contribution is 8.00.